The number of carbonyl (C=O) groups is 3. The Kier molecular flexibility index (Phi) is 4.91. The molecule has 0 saturated carbocycles. The number of nitrogens with zero attached hydrogens (tertiary/aromatic N) is 1. The molecule has 1 heterocycles. The Balaban J connectivity index is 2.51. The van der Waals surface area contributed by atoms with Crippen molar-refractivity contribution in [1.29, 1.82) is 0 Å². The largest absolute Gasteiger partial charge is 0.395 e. The summed E-state index contributed by atoms with van der Waals surface area (Å²) in [5.74, 6) is -0.999. The van der Waals surface area contributed by atoms with Crippen molar-refractivity contribution in [3.63, 3.8) is 0 Å². The Bertz CT molecular complexity index is 273. The van der Waals surface area contributed by atoms with Crippen LogP contribution >= 0.6 is 0 Å². The number of carbonyl (C=O) groups excluding carboxylic acids is 3. The fourth-order valence-electron chi connectivity index (χ4n) is 1.53. The minimum Gasteiger partial charge on any atom is -0.395 e. The molecule has 0 bridgehead atoms. The fourth-order valence-corrected chi connectivity index (χ4v) is 1.53. The number of amides is 3. The van der Waals surface area contributed by atoms with E-state index < -0.39 is 5.91 Å². The first-order valence-electron chi connectivity index (χ1n) is 5.36. The van der Waals surface area contributed by atoms with Gasteiger partial charge < -0.3 is 10.4 Å². The predicted octanol–water partition coefficient (Wildman–Crippen LogP) is -0.976. The molecule has 0 atom stereocenters. The van der Waals surface area contributed by atoms with E-state index in [9.17, 15) is 14.4 Å². The van der Waals surface area contributed by atoms with E-state index in [-0.39, 0.29) is 31.5 Å². The van der Waals surface area contributed by atoms with Crippen molar-refractivity contribution < 1.29 is 19.5 Å². The second-order valence-electron chi connectivity index (χ2n) is 3.65. The molecular formula is C10H16N2O4. The van der Waals surface area contributed by atoms with Gasteiger partial charge in [-0.3, -0.25) is 19.3 Å². The number of aliphatic hydroxyl groups is 1. The van der Waals surface area contributed by atoms with Gasteiger partial charge in [0.05, 0.1) is 6.61 Å². The van der Waals surface area contributed by atoms with Gasteiger partial charge in [-0.1, -0.05) is 0 Å². The number of hydrogen-bond donors (Lipinski definition) is 2. The third-order valence-electron chi connectivity index (χ3n) is 2.37. The first-order valence-corrected chi connectivity index (χ1v) is 5.36. The lowest BCUT2D eigenvalue weighted by Gasteiger charge is -2.17. The minimum absolute atomic E-state index is 0.134. The van der Waals surface area contributed by atoms with Crippen LogP contribution < -0.4 is 5.32 Å². The molecule has 90 valence electrons. The highest BCUT2D eigenvalue weighted by molar-refractivity contribution is 5.99. The first kappa shape index (κ1) is 12.6. The average Bonchev–Trinajstić information content (AvgIpc) is 2.41. The summed E-state index contributed by atoms with van der Waals surface area (Å²) < 4.78 is 0. The molecule has 1 rings (SSSR count). The van der Waals surface area contributed by atoms with Crippen LogP contribution in [0.2, 0.25) is 0 Å². The molecule has 6 heteroatoms. The van der Waals surface area contributed by atoms with Gasteiger partial charge in [0.25, 0.3) is 0 Å². The molecule has 1 aliphatic rings. The molecule has 0 radical (unpaired) electrons. The number of likely N-dealkylation sites (tertiary alicyclic amines) is 1. The van der Waals surface area contributed by atoms with Gasteiger partial charge in [0.15, 0.2) is 0 Å². The van der Waals surface area contributed by atoms with Gasteiger partial charge in [0.2, 0.25) is 17.7 Å². The molecule has 0 aromatic rings. The highest BCUT2D eigenvalue weighted by Crippen LogP contribution is 2.11. The zero-order valence-corrected chi connectivity index (χ0v) is 9.07. The van der Waals surface area contributed by atoms with E-state index >= 15 is 0 Å². The lowest BCUT2D eigenvalue weighted by atomic mass is 10.2. The van der Waals surface area contributed by atoms with Crippen LogP contribution in [0.4, 0.5) is 0 Å². The number of aliphatic hydroxyl groups excluding tert-OH is 1. The Morgan fingerprint density at radius 3 is 2.31 bits per heavy atom. The Morgan fingerprint density at radius 2 is 1.81 bits per heavy atom. The van der Waals surface area contributed by atoms with Crippen LogP contribution in [-0.2, 0) is 14.4 Å². The van der Waals surface area contributed by atoms with E-state index in [1.807, 2.05) is 0 Å². The molecule has 0 spiro atoms. The maximum atomic E-state index is 11.5. The summed E-state index contributed by atoms with van der Waals surface area (Å²) in [5.41, 5.74) is 0. The van der Waals surface area contributed by atoms with Gasteiger partial charge in [0, 0.05) is 19.4 Å². The number of imide groups is 1. The molecule has 6 nitrogen and oxygen atoms in total. The summed E-state index contributed by atoms with van der Waals surface area (Å²) >= 11 is 0. The van der Waals surface area contributed by atoms with Crippen molar-refractivity contribution in [2.75, 3.05) is 19.7 Å². The van der Waals surface area contributed by atoms with Crippen LogP contribution in [0.25, 0.3) is 0 Å². The normalized spacial score (nSPS) is 17.2. The van der Waals surface area contributed by atoms with E-state index in [1.54, 1.807) is 0 Å². The van der Waals surface area contributed by atoms with Crippen molar-refractivity contribution in [3.8, 4) is 0 Å². The van der Waals surface area contributed by atoms with Gasteiger partial charge in [0.1, 0.15) is 6.54 Å². The van der Waals surface area contributed by atoms with Gasteiger partial charge >= 0.3 is 0 Å². The first-order chi connectivity index (χ1) is 7.65. The van der Waals surface area contributed by atoms with Crippen molar-refractivity contribution in [1.82, 2.24) is 10.2 Å². The molecule has 0 aliphatic carbocycles. The van der Waals surface area contributed by atoms with Gasteiger partial charge in [-0.2, -0.15) is 0 Å². The highest BCUT2D eigenvalue weighted by atomic mass is 16.3. The summed E-state index contributed by atoms with van der Waals surface area (Å²) in [6.45, 7) is -0.264. The van der Waals surface area contributed by atoms with Crippen molar-refractivity contribution >= 4 is 17.7 Å². The van der Waals surface area contributed by atoms with Crippen LogP contribution in [0.5, 0.6) is 0 Å². The maximum Gasteiger partial charge on any atom is 0.240 e. The van der Waals surface area contributed by atoms with E-state index in [1.165, 1.54) is 0 Å². The van der Waals surface area contributed by atoms with Crippen molar-refractivity contribution in [2.45, 2.75) is 25.7 Å². The maximum absolute atomic E-state index is 11.5. The summed E-state index contributed by atoms with van der Waals surface area (Å²) in [4.78, 5) is 35.3. The number of rotatable bonds is 4. The van der Waals surface area contributed by atoms with Crippen LogP contribution in [0.15, 0.2) is 0 Å². The Morgan fingerprint density at radius 1 is 1.25 bits per heavy atom. The van der Waals surface area contributed by atoms with Gasteiger partial charge in [-0.15, -0.1) is 0 Å². The van der Waals surface area contributed by atoms with E-state index in [2.05, 4.69) is 5.32 Å². The Hall–Kier alpha value is -1.43. The van der Waals surface area contributed by atoms with Crippen molar-refractivity contribution in [3.05, 3.63) is 0 Å². The second kappa shape index (κ2) is 6.22. The molecule has 0 unspecified atom stereocenters. The summed E-state index contributed by atoms with van der Waals surface area (Å²) in [6, 6.07) is 0. The standard InChI is InChI=1S/C10H16N2O4/c13-6-5-11-8(14)7-12-9(15)3-1-2-4-10(12)16/h13H,1-7H2,(H,11,14). The lowest BCUT2D eigenvalue weighted by molar-refractivity contribution is -0.147. The van der Waals surface area contributed by atoms with Gasteiger partial charge in [-0.05, 0) is 12.8 Å². The molecule has 1 aliphatic heterocycles. The molecule has 0 aromatic heterocycles. The molecule has 3 amide bonds. The monoisotopic (exact) mass is 228 g/mol. The average molecular weight is 228 g/mol. The smallest absolute Gasteiger partial charge is 0.240 e. The van der Waals surface area contributed by atoms with Crippen LogP contribution in [0.1, 0.15) is 25.7 Å². The molecule has 2 N–H and O–H groups in total. The molecule has 1 saturated heterocycles. The summed E-state index contributed by atoms with van der Waals surface area (Å²) in [7, 11) is 0. The quantitative estimate of drug-likeness (QED) is 0.606. The number of nitrogens with one attached hydrogen (secondary N) is 1. The third-order valence-corrected chi connectivity index (χ3v) is 2.37. The molecule has 0 aromatic carbocycles. The zero-order chi connectivity index (χ0) is 12.0. The Labute approximate surface area is 93.6 Å². The third kappa shape index (κ3) is 3.62. The van der Waals surface area contributed by atoms with Crippen LogP contribution in [0.3, 0.4) is 0 Å². The minimum atomic E-state index is -0.419. The summed E-state index contributed by atoms with van der Waals surface area (Å²) in [6.07, 6.45) is 2.02. The fraction of sp³-hybridized carbons (Fsp3) is 0.700. The topological polar surface area (TPSA) is 86.7 Å². The van der Waals surface area contributed by atoms with E-state index in [0.29, 0.717) is 25.7 Å². The lowest BCUT2D eigenvalue weighted by Crippen LogP contribution is -2.43. The highest BCUT2D eigenvalue weighted by Gasteiger charge is 2.25. The second-order valence-corrected chi connectivity index (χ2v) is 3.65. The molecule has 1 fully saturated rings. The van der Waals surface area contributed by atoms with E-state index in [4.69, 9.17) is 5.11 Å². The SMILES string of the molecule is O=C(CN1C(=O)CCCCC1=O)NCCO. The van der Waals surface area contributed by atoms with Gasteiger partial charge in [-0.25, -0.2) is 0 Å². The molecular weight excluding hydrogens is 212 g/mol. The van der Waals surface area contributed by atoms with Crippen molar-refractivity contribution in [2.24, 2.45) is 0 Å². The summed E-state index contributed by atoms with van der Waals surface area (Å²) in [5, 5.41) is 10.9. The van der Waals surface area contributed by atoms with Crippen LogP contribution in [0, 0.1) is 0 Å². The number of hydrogen-bond acceptors (Lipinski definition) is 4. The zero-order valence-electron chi connectivity index (χ0n) is 9.07. The van der Waals surface area contributed by atoms with E-state index in [0.717, 1.165) is 4.90 Å². The molecule has 16 heavy (non-hydrogen) atoms. The van der Waals surface area contributed by atoms with Crippen LogP contribution in [-0.4, -0.2) is 47.4 Å². The predicted molar refractivity (Wildman–Crippen MR) is 55.3 cm³/mol.